The summed E-state index contributed by atoms with van der Waals surface area (Å²) in [6.45, 7) is 34.6. The van der Waals surface area contributed by atoms with E-state index in [1.165, 1.54) is 51.5 Å². The maximum atomic E-state index is 14.8. The predicted molar refractivity (Wildman–Crippen MR) is 531 cm³/mol. The van der Waals surface area contributed by atoms with Crippen LogP contribution in [0.5, 0.6) is 18.0 Å². The molecule has 728 valence electrons. The van der Waals surface area contributed by atoms with Gasteiger partial charge in [0.05, 0.1) is 83.1 Å². The number of nitrogens with zero attached hydrogens (tertiary/aromatic N) is 21. The predicted octanol–water partition coefficient (Wildman–Crippen LogP) is 12.6. The van der Waals surface area contributed by atoms with Crippen LogP contribution in [0.1, 0.15) is 111 Å². The van der Waals surface area contributed by atoms with Gasteiger partial charge in [0.15, 0.2) is 5.83 Å². The quantitative estimate of drug-likeness (QED) is 0.0342. The molecule has 7 atom stereocenters. The summed E-state index contributed by atoms with van der Waals surface area (Å²) in [6, 6.07) is 16.5. The lowest BCUT2D eigenvalue weighted by Gasteiger charge is -2.41. The van der Waals surface area contributed by atoms with Gasteiger partial charge in [-0.25, -0.2) is 28.5 Å². The number of anilines is 6. The molecule has 6 saturated heterocycles. The first-order chi connectivity index (χ1) is 62.8. The van der Waals surface area contributed by atoms with Crippen molar-refractivity contribution in [2.24, 2.45) is 0 Å². The number of aliphatic hydroxyl groups is 1. The fraction of sp³-hybridized carbons (Fsp3) is 0.526. The van der Waals surface area contributed by atoms with Gasteiger partial charge < -0.3 is 68.3 Å². The smallest absolute Gasteiger partial charge is 0.318 e. The molecule has 4 aromatic carbocycles. The first kappa shape index (κ1) is 103. The van der Waals surface area contributed by atoms with Gasteiger partial charge in [0.1, 0.15) is 67.0 Å². The van der Waals surface area contributed by atoms with E-state index in [1.807, 2.05) is 66.4 Å². The van der Waals surface area contributed by atoms with Gasteiger partial charge in [0.25, 0.3) is 5.91 Å². The van der Waals surface area contributed by atoms with Crippen LogP contribution in [0.15, 0.2) is 97.6 Å². The van der Waals surface area contributed by atoms with E-state index in [0.29, 0.717) is 149 Å². The highest BCUT2D eigenvalue weighted by Gasteiger charge is 2.44. The van der Waals surface area contributed by atoms with E-state index in [1.54, 1.807) is 30.6 Å². The molecule has 3 unspecified atom stereocenters. The fourth-order valence-electron chi connectivity index (χ4n) is 20.4. The van der Waals surface area contributed by atoms with Crippen LogP contribution in [-0.4, -0.2) is 316 Å². The molecule has 5 aromatic heterocycles. The average molecular weight is 1920 g/mol. The first-order valence-electron chi connectivity index (χ1n) is 45.2. The van der Waals surface area contributed by atoms with E-state index in [-0.39, 0.29) is 122 Å². The Bertz CT molecular complexity index is 5860. The molecule has 3 amide bonds. The van der Waals surface area contributed by atoms with E-state index in [9.17, 15) is 36.3 Å². The molecule has 3 N–H and O–H groups in total. The third kappa shape index (κ3) is 22.9. The van der Waals surface area contributed by atoms with Crippen LogP contribution in [-0.2, 0) is 53.3 Å². The van der Waals surface area contributed by atoms with Gasteiger partial charge in [-0.05, 0) is 147 Å². The van der Waals surface area contributed by atoms with Gasteiger partial charge in [-0.2, -0.15) is 67.1 Å². The third-order valence-corrected chi connectivity index (χ3v) is 27.5. The van der Waals surface area contributed by atoms with E-state index in [2.05, 4.69) is 119 Å². The topological polar surface area (TPSA) is 277 Å². The molecule has 30 nitrogen and oxygen atoms in total. The normalized spacial score (nSPS) is 22.5. The van der Waals surface area contributed by atoms with Crippen molar-refractivity contribution in [1.29, 1.82) is 0 Å². The number of fused-ring (bicyclic) bond motifs is 6. The number of hydrogen-bond donors (Lipinski definition) is 3. The number of amides is 3. The van der Waals surface area contributed by atoms with E-state index >= 15 is 0 Å². The molecule has 9 aromatic rings. The fourth-order valence-corrected chi connectivity index (χ4v) is 20.7. The molecular weight excluding hydrogens is 1790 g/mol. The second kappa shape index (κ2) is 43.6. The summed E-state index contributed by atoms with van der Waals surface area (Å²) in [5, 5.41) is 28.9. The third-order valence-electron chi connectivity index (χ3n) is 27.2. The summed E-state index contributed by atoms with van der Waals surface area (Å²) in [5.41, 5.74) is 12.1. The summed E-state index contributed by atoms with van der Waals surface area (Å²) in [6.07, 6.45) is 12.4. The summed E-state index contributed by atoms with van der Waals surface area (Å²) in [7, 11) is 5.73. The molecule has 135 heavy (non-hydrogen) atoms. The van der Waals surface area contributed by atoms with Crippen molar-refractivity contribution in [3.8, 4) is 18.0 Å². The van der Waals surface area contributed by atoms with Gasteiger partial charge >= 0.3 is 18.0 Å². The van der Waals surface area contributed by atoms with Gasteiger partial charge in [-0.1, -0.05) is 63.4 Å². The minimum absolute atomic E-state index is 0. The van der Waals surface area contributed by atoms with Crippen LogP contribution < -0.4 is 43.6 Å². The number of likely N-dealkylation sites (N-methyl/N-ethyl adjacent to an activating group) is 3. The Morgan fingerprint density at radius 1 is 0.563 bits per heavy atom. The molecule has 9 aliphatic rings. The monoisotopic (exact) mass is 1920 g/mol. The molecule has 0 aliphatic carbocycles. The highest BCUT2D eigenvalue weighted by Crippen LogP contribution is 2.44. The van der Waals surface area contributed by atoms with Crippen LogP contribution in [0.2, 0.25) is 5.02 Å². The maximum absolute atomic E-state index is 14.8. The molecule has 14 heterocycles. The van der Waals surface area contributed by atoms with Crippen molar-refractivity contribution >= 4 is 123 Å². The van der Waals surface area contributed by atoms with Gasteiger partial charge in [-0.3, -0.25) is 39.3 Å². The Hall–Kier alpha value is -10.9. The lowest BCUT2D eigenvalue weighted by atomic mass is 9.99. The van der Waals surface area contributed by atoms with Crippen molar-refractivity contribution in [3.05, 3.63) is 170 Å². The lowest BCUT2D eigenvalue weighted by molar-refractivity contribution is -0.129. The molecule has 0 radical (unpaired) electrons. The van der Waals surface area contributed by atoms with Crippen LogP contribution in [0.4, 0.5) is 56.5 Å². The SMILES string of the molecule is C.C.C=C(F)C(=O)N1CCN(c2nc(OC[C@@H]3CC(C)(F)CN3C)nc3c2CCN(c2c(C)c(C)cc4[nH]ncc24)C3)CC1.Cc1cc2[nH]ncc2c(N2CCc3c(nc(OC[C@@H]4CC(C)(F)CN4C)nc3N3CCN(C(=O)/C=C/CF)CC3)C2)c1C.S.S.[C-]#[N+]C[C@H]1CN(c2nc(OC[C@@H]3CC(C)(F)CN3C)nc3c2CCN(c2cccc4cccc(Cl)c24)C3)CCN1C(=O)/C=C/CO. The number of piperazine rings is 3. The average Bonchev–Trinajstić information content (AvgIpc) is 1.71. The van der Waals surface area contributed by atoms with Crippen molar-refractivity contribution < 1.29 is 55.7 Å². The number of carbonyl (C=O) groups excluding carboxylic acids is 3. The number of rotatable bonds is 21. The van der Waals surface area contributed by atoms with Crippen molar-refractivity contribution in [3.63, 3.8) is 0 Å². The van der Waals surface area contributed by atoms with Gasteiger partial charge in [0, 0.05) is 199 Å². The number of carbonyl (C=O) groups is 3. The highest BCUT2D eigenvalue weighted by molar-refractivity contribution is 7.59. The van der Waals surface area contributed by atoms with Gasteiger partial charge in [-0.15, -0.1) is 0 Å². The van der Waals surface area contributed by atoms with Gasteiger partial charge in [0.2, 0.25) is 18.4 Å². The summed E-state index contributed by atoms with van der Waals surface area (Å²) < 4.78 is 88.7. The number of likely N-dealkylation sites (tertiary alicyclic amines) is 3. The number of allylic oxidation sites excluding steroid dienone is 1. The first-order valence-corrected chi connectivity index (χ1v) is 45.5. The molecule has 38 heteroatoms. The number of hydrogen-bond acceptors (Lipinski definition) is 24. The Morgan fingerprint density at radius 3 is 1.40 bits per heavy atom. The summed E-state index contributed by atoms with van der Waals surface area (Å²) in [5.74, 6) is 0.346. The van der Waals surface area contributed by atoms with Crippen molar-refractivity contribution in [2.45, 2.75) is 163 Å². The molecule has 6 fully saturated rings. The molecule has 9 aliphatic heterocycles. The number of ether oxygens (including phenoxy) is 3. The number of aromatic nitrogens is 10. The molecule has 0 spiro atoms. The molecule has 18 rings (SSSR count). The lowest BCUT2D eigenvalue weighted by Crippen LogP contribution is -2.56. The number of H-pyrrole nitrogens is 2. The van der Waals surface area contributed by atoms with Crippen molar-refractivity contribution in [1.82, 2.24) is 79.7 Å². The maximum Gasteiger partial charge on any atom is 0.318 e. The minimum atomic E-state index is -1.27. The second-order valence-electron chi connectivity index (χ2n) is 37.0. The number of nitrogens with one attached hydrogen (secondary N) is 2. The molecule has 0 saturated carbocycles. The standard InChI is InChI=1S/C34H39ClFN7O3.C31H40F2N8O2.C30H38F2N8O2.2CH4.2H2S/c1-34(36)17-24(40(3)22-34)21-46-33-38-28-20-41(29-10-5-8-23-7-4-9-27(35)31(23)29)13-12-26(28)32(39-33)42-14-15-43(25(19-42)18-37-2)30(45)11-6-16-44;1-20-14-25-24(16-34-37-25)28(21(20)2)41-9-7-23-26(17-41)35-30(43-18-22-15-31(3,33)19-38(22)4)36-29(23)40-12-10-39(11-13-40)27(42)6-5-8-32;1-18-12-24-23(14-33-36-24)26(19(18)2)40-7-6-22-25(15-40)34-29(42-16-21-13-30(4,32)17-37(21)5)35-27(22)38-8-10-39(11-9-38)28(41)20(3)31;;;;/h4-11,24-25,44H,12-22H2,1,3H3;5-6,14,16,22H,7-13,15,17-19H2,1-4H3,(H,34,37);12,14,21H,3,6-11,13,15-17H2,1-2,4-5H3,(H,33,36);2*1H4;2*1H2/b11-6+;6-5+;;;;;/t24-,25-,34?;22-,31?;21-,30?;;;;/m000..../s1. The van der Waals surface area contributed by atoms with Crippen LogP contribution >= 0.6 is 38.6 Å². The second-order valence-corrected chi connectivity index (χ2v) is 37.4. The largest absolute Gasteiger partial charge is 0.462 e. The zero-order valence-corrected chi connectivity index (χ0v) is 80.0. The van der Waals surface area contributed by atoms with E-state index in [4.69, 9.17) is 67.4 Å². The summed E-state index contributed by atoms with van der Waals surface area (Å²) >= 11 is 6.70. The van der Waals surface area contributed by atoms with E-state index < -0.39 is 35.4 Å². The van der Waals surface area contributed by atoms with Crippen LogP contribution in [0, 0.1) is 34.3 Å². The Morgan fingerprint density at radius 2 is 0.978 bits per heavy atom. The van der Waals surface area contributed by atoms with E-state index in [0.717, 1.165) is 133 Å². The molecular formula is C97H129ClF5N23O7S2. The number of aromatic amines is 2. The minimum Gasteiger partial charge on any atom is -0.462 e. The van der Waals surface area contributed by atoms with Crippen LogP contribution in [0.3, 0.4) is 0 Å². The Balaban J connectivity index is 0.000000180. The number of aliphatic hydroxyl groups excluding tert-OH is 1. The number of halogens is 6. The zero-order chi connectivity index (χ0) is 92.5. The highest BCUT2D eigenvalue weighted by atomic mass is 35.5. The number of benzene rings is 4. The Kier molecular flexibility index (Phi) is 33.3. The summed E-state index contributed by atoms with van der Waals surface area (Å²) in [4.78, 5) is 94.7. The van der Waals surface area contributed by atoms with Crippen LogP contribution in [0.25, 0.3) is 37.4 Å². The number of alkyl halides is 4. The number of aryl methyl sites for hydroxylation is 2. The zero-order valence-electron chi connectivity index (χ0n) is 77.3. The molecule has 0 bridgehead atoms. The van der Waals surface area contributed by atoms with Crippen molar-refractivity contribution in [2.75, 3.05) is 201 Å². The Labute approximate surface area is 806 Å².